The molecule has 34 heavy (non-hydrogen) atoms. The lowest BCUT2D eigenvalue weighted by atomic mass is 10.1. The lowest BCUT2D eigenvalue weighted by Crippen LogP contribution is -2.51. The highest BCUT2D eigenvalue weighted by molar-refractivity contribution is 5.75. The van der Waals surface area contributed by atoms with Gasteiger partial charge in [-0.1, -0.05) is 36.4 Å². The Bertz CT molecular complexity index is 1240. The number of hydrogen-bond acceptors (Lipinski definition) is 4. The number of amides is 2. The maximum absolute atomic E-state index is 12.7. The van der Waals surface area contributed by atoms with Gasteiger partial charge in [0.25, 0.3) is 0 Å². The molecule has 0 unspecified atom stereocenters. The third-order valence-electron chi connectivity index (χ3n) is 6.35. The van der Waals surface area contributed by atoms with Crippen LogP contribution < -0.4 is 15.0 Å². The molecule has 5 rings (SSSR count). The molecule has 1 fully saturated rings. The average molecular weight is 456 g/mol. The summed E-state index contributed by atoms with van der Waals surface area (Å²) in [7, 11) is 1.67. The van der Waals surface area contributed by atoms with Crippen LogP contribution in [0.1, 0.15) is 11.1 Å². The van der Waals surface area contributed by atoms with E-state index in [1.165, 1.54) is 5.56 Å². The van der Waals surface area contributed by atoms with Gasteiger partial charge in [-0.25, -0.2) is 9.78 Å². The zero-order valence-electron chi connectivity index (χ0n) is 19.4. The lowest BCUT2D eigenvalue weighted by Gasteiger charge is -2.36. The Morgan fingerprint density at radius 1 is 0.912 bits per heavy atom. The first-order valence-electron chi connectivity index (χ1n) is 11.6. The summed E-state index contributed by atoms with van der Waals surface area (Å²) >= 11 is 0. The predicted molar refractivity (Wildman–Crippen MR) is 134 cm³/mol. The number of anilines is 1. The van der Waals surface area contributed by atoms with E-state index in [0.29, 0.717) is 19.6 Å². The third kappa shape index (κ3) is 4.83. The van der Waals surface area contributed by atoms with Crippen LogP contribution in [0.3, 0.4) is 0 Å². The molecule has 1 saturated heterocycles. The van der Waals surface area contributed by atoms with Gasteiger partial charge in [0.2, 0.25) is 0 Å². The number of ether oxygens (including phenoxy) is 1. The molecule has 174 valence electrons. The molecule has 0 saturated carbocycles. The number of urea groups is 1. The van der Waals surface area contributed by atoms with Gasteiger partial charge in [0.15, 0.2) is 0 Å². The topological polar surface area (TPSA) is 62.6 Å². The maximum atomic E-state index is 12.7. The van der Waals surface area contributed by atoms with Crippen molar-refractivity contribution in [1.82, 2.24) is 19.8 Å². The zero-order valence-corrected chi connectivity index (χ0v) is 19.4. The fourth-order valence-electron chi connectivity index (χ4n) is 4.35. The number of imidazole rings is 1. The van der Waals surface area contributed by atoms with E-state index in [4.69, 9.17) is 4.74 Å². The van der Waals surface area contributed by atoms with E-state index in [2.05, 4.69) is 62.2 Å². The Kier molecular flexibility index (Phi) is 6.33. The first-order valence-corrected chi connectivity index (χ1v) is 11.6. The van der Waals surface area contributed by atoms with Crippen molar-refractivity contribution in [1.29, 1.82) is 0 Å². The fourth-order valence-corrected chi connectivity index (χ4v) is 4.35. The number of benzene rings is 3. The van der Waals surface area contributed by atoms with E-state index in [9.17, 15) is 4.79 Å². The third-order valence-corrected chi connectivity index (χ3v) is 6.35. The largest absolute Gasteiger partial charge is 0.497 e. The molecule has 1 aliphatic heterocycles. The highest BCUT2D eigenvalue weighted by Gasteiger charge is 2.21. The van der Waals surface area contributed by atoms with Crippen LogP contribution >= 0.6 is 0 Å². The summed E-state index contributed by atoms with van der Waals surface area (Å²) < 4.78 is 7.38. The van der Waals surface area contributed by atoms with Crippen LogP contribution in [-0.4, -0.2) is 53.8 Å². The molecule has 3 aromatic carbocycles. The van der Waals surface area contributed by atoms with E-state index in [1.54, 1.807) is 7.11 Å². The van der Waals surface area contributed by atoms with Crippen molar-refractivity contribution in [2.45, 2.75) is 13.1 Å². The Hall–Kier alpha value is -4.00. The summed E-state index contributed by atoms with van der Waals surface area (Å²) in [6, 6.07) is 24.6. The van der Waals surface area contributed by atoms with Crippen molar-refractivity contribution in [3.05, 3.63) is 90.3 Å². The second-order valence-electron chi connectivity index (χ2n) is 8.51. The van der Waals surface area contributed by atoms with Gasteiger partial charge < -0.3 is 24.4 Å². The molecule has 7 nitrogen and oxygen atoms in total. The summed E-state index contributed by atoms with van der Waals surface area (Å²) in [5.74, 6) is 0.852. The summed E-state index contributed by atoms with van der Waals surface area (Å²) in [4.78, 5) is 21.3. The minimum atomic E-state index is -0.0108. The number of aromatic nitrogens is 2. The summed E-state index contributed by atoms with van der Waals surface area (Å²) in [5, 5.41) is 3.06. The Morgan fingerprint density at radius 2 is 1.62 bits per heavy atom. The first kappa shape index (κ1) is 21.8. The van der Waals surface area contributed by atoms with Crippen LogP contribution in [0.4, 0.5) is 10.5 Å². The summed E-state index contributed by atoms with van der Waals surface area (Å²) in [6.45, 7) is 4.33. The fraction of sp³-hybridized carbons (Fsp3) is 0.259. The molecule has 1 aliphatic rings. The molecule has 0 aliphatic carbocycles. The van der Waals surface area contributed by atoms with Crippen LogP contribution in [0.25, 0.3) is 11.0 Å². The normalized spacial score (nSPS) is 13.8. The lowest BCUT2D eigenvalue weighted by molar-refractivity contribution is 0.194. The Balaban J connectivity index is 1.10. The van der Waals surface area contributed by atoms with Gasteiger partial charge >= 0.3 is 6.03 Å². The number of piperazine rings is 1. The van der Waals surface area contributed by atoms with E-state index < -0.39 is 0 Å². The number of rotatable bonds is 6. The molecule has 0 atom stereocenters. The average Bonchev–Trinajstić information content (AvgIpc) is 3.31. The number of methoxy groups -OCH3 is 1. The molecule has 2 heterocycles. The summed E-state index contributed by atoms with van der Waals surface area (Å²) in [5.41, 5.74) is 5.58. The number of fused-ring (bicyclic) bond motifs is 1. The smallest absolute Gasteiger partial charge is 0.317 e. The number of carbonyl (C=O) groups is 1. The molecule has 1 N–H and O–H groups in total. The van der Waals surface area contributed by atoms with Crippen molar-refractivity contribution in [3.8, 4) is 5.75 Å². The van der Waals surface area contributed by atoms with E-state index in [1.807, 2.05) is 41.6 Å². The molecule has 4 aromatic rings. The van der Waals surface area contributed by atoms with Crippen LogP contribution in [0.5, 0.6) is 5.75 Å². The van der Waals surface area contributed by atoms with Crippen LogP contribution in [0.2, 0.25) is 0 Å². The van der Waals surface area contributed by atoms with Crippen molar-refractivity contribution in [2.75, 3.05) is 38.2 Å². The molecule has 0 radical (unpaired) electrons. The van der Waals surface area contributed by atoms with E-state index in [-0.39, 0.29) is 6.03 Å². The molecule has 7 heteroatoms. The standard InChI is InChI=1S/C27H29N5O2/c1-34-24-12-10-23(11-13-24)30-14-16-31(17-15-30)27(33)28-18-21-6-8-22(9-7-21)19-32-20-29-25-4-2-3-5-26(25)32/h2-13,20H,14-19H2,1H3,(H,28,33). The van der Waals surface area contributed by atoms with E-state index >= 15 is 0 Å². The van der Waals surface area contributed by atoms with Crippen molar-refractivity contribution in [2.24, 2.45) is 0 Å². The van der Waals surface area contributed by atoms with Crippen LogP contribution in [0, 0.1) is 0 Å². The quantitative estimate of drug-likeness (QED) is 0.475. The number of nitrogens with zero attached hydrogens (tertiary/aromatic N) is 4. The number of carbonyl (C=O) groups excluding carboxylic acids is 1. The van der Waals surface area contributed by atoms with Crippen molar-refractivity contribution < 1.29 is 9.53 Å². The molecule has 2 amide bonds. The summed E-state index contributed by atoms with van der Waals surface area (Å²) in [6.07, 6.45) is 1.88. The monoisotopic (exact) mass is 455 g/mol. The van der Waals surface area contributed by atoms with Crippen molar-refractivity contribution in [3.63, 3.8) is 0 Å². The van der Waals surface area contributed by atoms with Crippen LogP contribution in [-0.2, 0) is 13.1 Å². The van der Waals surface area contributed by atoms with E-state index in [0.717, 1.165) is 47.7 Å². The molecule has 1 aromatic heterocycles. The van der Waals surface area contributed by atoms with Gasteiger partial charge in [0, 0.05) is 45.0 Å². The molecule has 0 bridgehead atoms. The Labute approximate surface area is 199 Å². The minimum Gasteiger partial charge on any atom is -0.497 e. The van der Waals surface area contributed by atoms with Gasteiger partial charge in [-0.05, 0) is 47.5 Å². The second kappa shape index (κ2) is 9.87. The second-order valence-corrected chi connectivity index (χ2v) is 8.51. The molecular weight excluding hydrogens is 426 g/mol. The maximum Gasteiger partial charge on any atom is 0.317 e. The zero-order chi connectivity index (χ0) is 23.3. The van der Waals surface area contributed by atoms with Gasteiger partial charge in [-0.15, -0.1) is 0 Å². The van der Waals surface area contributed by atoms with Gasteiger partial charge in [0.05, 0.1) is 24.5 Å². The number of hydrogen-bond donors (Lipinski definition) is 1. The van der Waals surface area contributed by atoms with Gasteiger partial charge in [-0.2, -0.15) is 0 Å². The predicted octanol–water partition coefficient (Wildman–Crippen LogP) is 4.13. The SMILES string of the molecule is COc1ccc(N2CCN(C(=O)NCc3ccc(Cn4cnc5ccccc54)cc3)CC2)cc1. The first-order chi connectivity index (χ1) is 16.7. The van der Waals surface area contributed by atoms with Crippen molar-refractivity contribution >= 4 is 22.8 Å². The van der Waals surface area contributed by atoms with Gasteiger partial charge in [-0.3, -0.25) is 0 Å². The number of para-hydroxylation sites is 2. The molecule has 0 spiro atoms. The minimum absolute atomic E-state index is 0.0108. The highest BCUT2D eigenvalue weighted by atomic mass is 16.5. The Morgan fingerprint density at radius 3 is 2.35 bits per heavy atom. The number of nitrogens with one attached hydrogen (secondary N) is 1. The highest BCUT2D eigenvalue weighted by Crippen LogP contribution is 2.20. The van der Waals surface area contributed by atoms with Crippen LogP contribution in [0.15, 0.2) is 79.1 Å². The molecular formula is C27H29N5O2. The van der Waals surface area contributed by atoms with Gasteiger partial charge in [0.1, 0.15) is 5.75 Å².